The van der Waals surface area contributed by atoms with Crippen LogP contribution in [0.1, 0.15) is 48.0 Å². The van der Waals surface area contributed by atoms with E-state index in [0.29, 0.717) is 6.42 Å². The van der Waals surface area contributed by atoms with E-state index < -0.39 is 16.8 Å². The molecule has 0 saturated carbocycles. The van der Waals surface area contributed by atoms with Gasteiger partial charge in [0.25, 0.3) is 0 Å². The number of hydrogen-bond donors (Lipinski definition) is 1. The van der Waals surface area contributed by atoms with Gasteiger partial charge in [0.05, 0.1) is 0 Å². The second-order valence-electron chi connectivity index (χ2n) is 9.14. The Bertz CT molecular complexity index is 744. The molecule has 1 atom stereocenters. The Morgan fingerprint density at radius 2 is 1.56 bits per heavy atom. The summed E-state index contributed by atoms with van der Waals surface area (Å²) >= 11 is 0. The van der Waals surface area contributed by atoms with Crippen molar-refractivity contribution in [2.45, 2.75) is 48.0 Å². The molecule has 0 saturated heterocycles. The molecule has 2 aromatic carbocycles. The van der Waals surface area contributed by atoms with E-state index in [-0.39, 0.29) is 12.0 Å². The highest BCUT2D eigenvalue weighted by Gasteiger charge is 2.51. The molecule has 0 bridgehead atoms. The molecule has 136 valence electrons. The zero-order valence-corrected chi connectivity index (χ0v) is 16.2. The lowest BCUT2D eigenvalue weighted by Gasteiger charge is -2.44. The zero-order chi connectivity index (χ0) is 18.9. The molecule has 2 rings (SSSR count). The molecule has 0 radical (unpaired) electrons. The molecule has 1 unspecified atom stereocenters. The van der Waals surface area contributed by atoms with Crippen molar-refractivity contribution in [1.29, 1.82) is 0 Å². The van der Waals surface area contributed by atoms with Crippen LogP contribution in [0.2, 0.25) is 0 Å². The average Bonchev–Trinajstić information content (AvgIpc) is 2.48. The number of rotatable bonds is 5. The summed E-state index contributed by atoms with van der Waals surface area (Å²) < 4.78 is 6.14. The minimum absolute atomic E-state index is 0.117. The highest BCUT2D eigenvalue weighted by molar-refractivity contribution is 5.88. The molecule has 3 nitrogen and oxygen atoms in total. The Kier molecular flexibility index (Phi) is 5.17. The van der Waals surface area contributed by atoms with Gasteiger partial charge in [0.1, 0.15) is 17.8 Å². The van der Waals surface area contributed by atoms with Gasteiger partial charge >= 0.3 is 5.97 Å². The van der Waals surface area contributed by atoms with Crippen molar-refractivity contribution in [2.75, 3.05) is 6.61 Å². The van der Waals surface area contributed by atoms with E-state index in [4.69, 9.17) is 4.74 Å². The standard InChI is InChI=1S/C22H30O3/c1-20(2,3)14-22(19(23)24,21(4,5)6)15-25-18-13-9-11-16-10-7-8-12-17(16)18/h7-13H,14-15H2,1-6H3,(H,23,24). The molecule has 0 spiro atoms. The SMILES string of the molecule is CC(C)(C)CC(COc1cccc2ccccc12)(C(=O)O)C(C)(C)C. The molecule has 2 aromatic rings. The molecule has 0 heterocycles. The first kappa shape index (κ1) is 19.3. The van der Waals surface area contributed by atoms with E-state index in [2.05, 4.69) is 20.8 Å². The van der Waals surface area contributed by atoms with Crippen LogP contribution in [0.3, 0.4) is 0 Å². The molecule has 0 aliphatic carbocycles. The molecular weight excluding hydrogens is 312 g/mol. The van der Waals surface area contributed by atoms with Crippen LogP contribution in [0.4, 0.5) is 0 Å². The minimum Gasteiger partial charge on any atom is -0.492 e. The number of hydrogen-bond acceptors (Lipinski definition) is 2. The monoisotopic (exact) mass is 342 g/mol. The van der Waals surface area contributed by atoms with Crippen LogP contribution in [-0.4, -0.2) is 17.7 Å². The quantitative estimate of drug-likeness (QED) is 0.750. The third kappa shape index (κ3) is 4.15. The van der Waals surface area contributed by atoms with Gasteiger partial charge in [-0.1, -0.05) is 77.9 Å². The van der Waals surface area contributed by atoms with Gasteiger partial charge in [-0.15, -0.1) is 0 Å². The summed E-state index contributed by atoms with van der Waals surface area (Å²) in [7, 11) is 0. The van der Waals surface area contributed by atoms with Crippen LogP contribution in [0.25, 0.3) is 10.8 Å². The van der Waals surface area contributed by atoms with Crippen molar-refractivity contribution in [1.82, 2.24) is 0 Å². The van der Waals surface area contributed by atoms with Crippen molar-refractivity contribution in [3.8, 4) is 5.75 Å². The molecule has 1 N–H and O–H groups in total. The summed E-state index contributed by atoms with van der Waals surface area (Å²) in [6.45, 7) is 12.3. The van der Waals surface area contributed by atoms with Crippen molar-refractivity contribution < 1.29 is 14.6 Å². The molecule has 3 heteroatoms. The highest BCUT2D eigenvalue weighted by Crippen LogP contribution is 2.47. The molecule has 0 amide bonds. The van der Waals surface area contributed by atoms with Crippen LogP contribution in [-0.2, 0) is 4.79 Å². The van der Waals surface area contributed by atoms with Gasteiger partial charge in [-0.25, -0.2) is 0 Å². The first-order valence-corrected chi connectivity index (χ1v) is 8.80. The lowest BCUT2D eigenvalue weighted by Crippen LogP contribution is -2.49. The second kappa shape index (κ2) is 6.70. The fraction of sp³-hybridized carbons (Fsp3) is 0.500. The van der Waals surface area contributed by atoms with E-state index in [1.54, 1.807) is 0 Å². The van der Waals surface area contributed by atoms with E-state index >= 15 is 0 Å². The molecule has 0 fully saturated rings. The van der Waals surface area contributed by atoms with Gasteiger partial charge in [-0.3, -0.25) is 4.79 Å². The predicted molar refractivity (Wildman–Crippen MR) is 103 cm³/mol. The number of ether oxygens (including phenoxy) is 1. The number of fused-ring (bicyclic) bond motifs is 1. The van der Waals surface area contributed by atoms with Crippen molar-refractivity contribution in [2.24, 2.45) is 16.2 Å². The smallest absolute Gasteiger partial charge is 0.313 e. The van der Waals surface area contributed by atoms with Crippen molar-refractivity contribution in [3.05, 3.63) is 42.5 Å². The van der Waals surface area contributed by atoms with Crippen molar-refractivity contribution in [3.63, 3.8) is 0 Å². The molecular formula is C22H30O3. The maximum absolute atomic E-state index is 12.4. The topological polar surface area (TPSA) is 46.5 Å². The largest absolute Gasteiger partial charge is 0.492 e. The summed E-state index contributed by atoms with van der Waals surface area (Å²) in [5, 5.41) is 12.2. The van der Waals surface area contributed by atoms with Gasteiger partial charge in [0.15, 0.2) is 0 Å². The maximum Gasteiger partial charge on any atom is 0.313 e. The van der Waals surface area contributed by atoms with Gasteiger partial charge < -0.3 is 9.84 Å². The number of carboxylic acid groups (broad SMARTS) is 1. The fourth-order valence-electron chi connectivity index (χ4n) is 3.42. The summed E-state index contributed by atoms with van der Waals surface area (Å²) in [5.74, 6) is -0.0583. The van der Waals surface area contributed by atoms with E-state index in [1.807, 2.05) is 63.2 Å². The highest BCUT2D eigenvalue weighted by atomic mass is 16.5. The Labute approximate surface area is 151 Å². The fourth-order valence-corrected chi connectivity index (χ4v) is 3.42. The number of aliphatic carboxylic acids is 1. The lowest BCUT2D eigenvalue weighted by molar-refractivity contribution is -0.163. The van der Waals surface area contributed by atoms with Crippen LogP contribution in [0.5, 0.6) is 5.75 Å². The third-order valence-electron chi connectivity index (χ3n) is 4.90. The van der Waals surface area contributed by atoms with Gasteiger partial charge in [-0.2, -0.15) is 0 Å². The summed E-state index contributed by atoms with van der Waals surface area (Å²) in [5.41, 5.74) is -1.52. The Morgan fingerprint density at radius 3 is 2.12 bits per heavy atom. The van der Waals surface area contributed by atoms with E-state index in [1.165, 1.54) is 0 Å². The van der Waals surface area contributed by atoms with Gasteiger partial charge in [0.2, 0.25) is 0 Å². The van der Waals surface area contributed by atoms with Crippen LogP contribution in [0.15, 0.2) is 42.5 Å². The maximum atomic E-state index is 12.4. The van der Waals surface area contributed by atoms with Crippen LogP contribution in [0, 0.1) is 16.2 Å². The van der Waals surface area contributed by atoms with E-state index in [9.17, 15) is 9.90 Å². The summed E-state index contributed by atoms with van der Waals surface area (Å²) in [6, 6.07) is 13.9. The summed E-state index contributed by atoms with van der Waals surface area (Å²) in [4.78, 5) is 12.4. The minimum atomic E-state index is -0.970. The van der Waals surface area contributed by atoms with Crippen molar-refractivity contribution >= 4 is 16.7 Å². The lowest BCUT2D eigenvalue weighted by atomic mass is 9.60. The molecule has 0 aliphatic rings. The number of carbonyl (C=O) groups is 1. The van der Waals surface area contributed by atoms with Gasteiger partial charge in [0, 0.05) is 5.39 Å². The van der Waals surface area contributed by atoms with Gasteiger partial charge in [-0.05, 0) is 28.7 Å². The number of benzene rings is 2. The first-order valence-electron chi connectivity index (χ1n) is 8.80. The Morgan fingerprint density at radius 1 is 0.960 bits per heavy atom. The predicted octanol–water partition coefficient (Wildman–Crippen LogP) is 5.77. The van der Waals surface area contributed by atoms with E-state index in [0.717, 1.165) is 16.5 Å². The van der Waals surface area contributed by atoms with Crippen LogP contribution < -0.4 is 4.74 Å². The molecule has 25 heavy (non-hydrogen) atoms. The number of carboxylic acids is 1. The second-order valence-corrected chi connectivity index (χ2v) is 9.14. The zero-order valence-electron chi connectivity index (χ0n) is 16.2. The first-order chi connectivity index (χ1) is 11.5. The summed E-state index contributed by atoms with van der Waals surface area (Å²) in [6.07, 6.45) is 0.545. The Balaban J connectivity index is 2.41. The molecule has 0 aromatic heterocycles. The third-order valence-corrected chi connectivity index (χ3v) is 4.90. The van der Waals surface area contributed by atoms with Crippen LogP contribution >= 0.6 is 0 Å². The normalized spacial score (nSPS) is 15.0. The molecule has 0 aliphatic heterocycles. The Hall–Kier alpha value is -2.03. The average molecular weight is 342 g/mol.